The number of nitrogens with one attached hydrogen (secondary N) is 1. The molecule has 0 aromatic heterocycles. The smallest absolute Gasteiger partial charge is 0.325 e. The van der Waals surface area contributed by atoms with Crippen LogP contribution in [0, 0.1) is 5.92 Å². The van der Waals surface area contributed by atoms with Crippen LogP contribution in [0.5, 0.6) is 0 Å². The summed E-state index contributed by atoms with van der Waals surface area (Å²) in [5.41, 5.74) is 1.01. The first-order valence-electron chi connectivity index (χ1n) is 6.31. The molecule has 0 atom stereocenters. The number of esters is 1. The Morgan fingerprint density at radius 1 is 1.32 bits per heavy atom. The maximum atomic E-state index is 12.3. The van der Waals surface area contributed by atoms with Crippen molar-refractivity contribution in [2.24, 2.45) is 5.92 Å². The molecule has 1 aromatic rings. The standard InChI is InChI=1S/C14H18N2O3/c1-19-13(17)10-16(14(18)12-7-15-8-12)9-11-5-3-2-4-6-11/h2-6,12,15H,7-10H2,1H3. The summed E-state index contributed by atoms with van der Waals surface area (Å²) in [6, 6.07) is 9.64. The zero-order chi connectivity index (χ0) is 13.7. The van der Waals surface area contributed by atoms with Gasteiger partial charge in [-0.3, -0.25) is 9.59 Å². The van der Waals surface area contributed by atoms with Gasteiger partial charge >= 0.3 is 5.97 Å². The number of hydrogen-bond donors (Lipinski definition) is 1. The summed E-state index contributed by atoms with van der Waals surface area (Å²) in [7, 11) is 1.33. The number of hydrogen-bond acceptors (Lipinski definition) is 4. The molecule has 0 bridgehead atoms. The van der Waals surface area contributed by atoms with Crippen LogP contribution in [0.3, 0.4) is 0 Å². The number of methoxy groups -OCH3 is 1. The highest BCUT2D eigenvalue weighted by molar-refractivity contribution is 5.84. The van der Waals surface area contributed by atoms with Gasteiger partial charge in [0.15, 0.2) is 0 Å². The highest BCUT2D eigenvalue weighted by Crippen LogP contribution is 2.12. The lowest BCUT2D eigenvalue weighted by Gasteiger charge is -2.32. The summed E-state index contributed by atoms with van der Waals surface area (Å²) in [4.78, 5) is 25.2. The summed E-state index contributed by atoms with van der Waals surface area (Å²) in [5, 5.41) is 3.06. The van der Waals surface area contributed by atoms with E-state index in [0.717, 1.165) is 5.56 Å². The molecule has 1 heterocycles. The van der Waals surface area contributed by atoms with E-state index in [1.165, 1.54) is 7.11 Å². The molecule has 5 nitrogen and oxygen atoms in total. The number of carbonyl (C=O) groups is 2. The van der Waals surface area contributed by atoms with Gasteiger partial charge in [0.2, 0.25) is 5.91 Å². The minimum atomic E-state index is -0.392. The van der Waals surface area contributed by atoms with Gasteiger partial charge in [0.25, 0.3) is 0 Å². The van der Waals surface area contributed by atoms with Crippen LogP contribution < -0.4 is 5.32 Å². The highest BCUT2D eigenvalue weighted by Gasteiger charge is 2.30. The van der Waals surface area contributed by atoms with Crippen LogP contribution in [0.4, 0.5) is 0 Å². The number of carbonyl (C=O) groups excluding carboxylic acids is 2. The maximum absolute atomic E-state index is 12.3. The van der Waals surface area contributed by atoms with Gasteiger partial charge in [-0.15, -0.1) is 0 Å². The van der Waals surface area contributed by atoms with Crippen LogP contribution in [-0.4, -0.2) is 43.5 Å². The average molecular weight is 262 g/mol. The number of ether oxygens (including phenoxy) is 1. The van der Waals surface area contributed by atoms with E-state index in [2.05, 4.69) is 10.1 Å². The molecule has 0 saturated carbocycles. The molecule has 0 spiro atoms. The fourth-order valence-electron chi connectivity index (χ4n) is 1.96. The molecule has 5 heteroatoms. The van der Waals surface area contributed by atoms with Crippen molar-refractivity contribution in [2.45, 2.75) is 6.54 Å². The fourth-order valence-corrected chi connectivity index (χ4v) is 1.96. The number of benzene rings is 1. The topological polar surface area (TPSA) is 58.6 Å². The lowest BCUT2D eigenvalue weighted by atomic mass is 10.0. The normalized spacial score (nSPS) is 14.6. The van der Waals surface area contributed by atoms with Gasteiger partial charge < -0.3 is 15.0 Å². The zero-order valence-corrected chi connectivity index (χ0v) is 11.0. The zero-order valence-electron chi connectivity index (χ0n) is 11.0. The third kappa shape index (κ3) is 3.54. The molecule has 1 N–H and O–H groups in total. The first-order valence-corrected chi connectivity index (χ1v) is 6.31. The number of amides is 1. The van der Waals surface area contributed by atoms with E-state index >= 15 is 0 Å². The molecular weight excluding hydrogens is 244 g/mol. The van der Waals surface area contributed by atoms with E-state index in [1.54, 1.807) is 4.90 Å². The summed E-state index contributed by atoms with van der Waals surface area (Å²) in [6.07, 6.45) is 0. The molecule has 1 amide bonds. The summed E-state index contributed by atoms with van der Waals surface area (Å²) in [6.45, 7) is 1.81. The van der Waals surface area contributed by atoms with Crippen molar-refractivity contribution >= 4 is 11.9 Å². The monoisotopic (exact) mass is 262 g/mol. The van der Waals surface area contributed by atoms with Gasteiger partial charge in [-0.1, -0.05) is 30.3 Å². The molecule has 0 unspecified atom stereocenters. The van der Waals surface area contributed by atoms with Crippen molar-refractivity contribution in [3.8, 4) is 0 Å². The van der Waals surface area contributed by atoms with Crippen LogP contribution in [0.2, 0.25) is 0 Å². The van der Waals surface area contributed by atoms with Crippen molar-refractivity contribution in [1.82, 2.24) is 10.2 Å². The quantitative estimate of drug-likeness (QED) is 0.781. The number of rotatable bonds is 5. The Morgan fingerprint density at radius 2 is 2.00 bits per heavy atom. The van der Waals surface area contributed by atoms with Crippen molar-refractivity contribution in [2.75, 3.05) is 26.7 Å². The van der Waals surface area contributed by atoms with Gasteiger partial charge in [-0.25, -0.2) is 0 Å². The van der Waals surface area contributed by atoms with Gasteiger partial charge in [-0.05, 0) is 5.56 Å². The Bertz CT molecular complexity index is 443. The molecule has 102 valence electrons. The summed E-state index contributed by atoms with van der Waals surface area (Å²) in [5.74, 6) is -0.405. The van der Waals surface area contributed by atoms with Gasteiger partial charge in [0.05, 0.1) is 13.0 Å². The molecule has 0 aliphatic carbocycles. The van der Waals surface area contributed by atoms with E-state index in [4.69, 9.17) is 0 Å². The minimum absolute atomic E-state index is 0.000722. The molecule has 0 radical (unpaired) electrons. The first kappa shape index (κ1) is 13.5. The SMILES string of the molecule is COC(=O)CN(Cc1ccccc1)C(=O)C1CNC1. The third-order valence-electron chi connectivity index (χ3n) is 3.21. The van der Waals surface area contributed by atoms with Crippen LogP contribution in [0.15, 0.2) is 30.3 Å². The average Bonchev–Trinajstić information content (AvgIpc) is 2.37. The molecule has 1 aliphatic rings. The van der Waals surface area contributed by atoms with E-state index in [9.17, 15) is 9.59 Å². The molecule has 2 rings (SSSR count). The maximum Gasteiger partial charge on any atom is 0.325 e. The fraction of sp³-hybridized carbons (Fsp3) is 0.429. The van der Waals surface area contributed by atoms with E-state index in [1.807, 2.05) is 30.3 Å². The van der Waals surface area contributed by atoms with Crippen LogP contribution in [0.1, 0.15) is 5.56 Å². The Morgan fingerprint density at radius 3 is 2.53 bits per heavy atom. The summed E-state index contributed by atoms with van der Waals surface area (Å²) >= 11 is 0. The second kappa shape index (κ2) is 6.33. The van der Waals surface area contributed by atoms with Crippen molar-refractivity contribution < 1.29 is 14.3 Å². The first-order chi connectivity index (χ1) is 9.20. The predicted octanol–water partition coefficient (Wildman–Crippen LogP) is 0.408. The minimum Gasteiger partial charge on any atom is -0.468 e. The molecule has 1 fully saturated rings. The molecule has 1 saturated heterocycles. The van der Waals surface area contributed by atoms with Crippen LogP contribution in [-0.2, 0) is 20.9 Å². The highest BCUT2D eigenvalue weighted by atomic mass is 16.5. The molecular formula is C14H18N2O3. The Kier molecular flexibility index (Phi) is 4.52. The molecule has 1 aromatic carbocycles. The van der Waals surface area contributed by atoms with E-state index in [0.29, 0.717) is 19.6 Å². The predicted molar refractivity (Wildman–Crippen MR) is 70.2 cm³/mol. The van der Waals surface area contributed by atoms with Gasteiger partial charge in [0.1, 0.15) is 6.54 Å². The van der Waals surface area contributed by atoms with Crippen molar-refractivity contribution in [1.29, 1.82) is 0 Å². The van der Waals surface area contributed by atoms with E-state index in [-0.39, 0.29) is 18.4 Å². The Labute approximate surface area is 112 Å². The van der Waals surface area contributed by atoms with Gasteiger partial charge in [0, 0.05) is 19.6 Å². The second-order valence-electron chi connectivity index (χ2n) is 4.61. The number of nitrogens with zero attached hydrogens (tertiary/aromatic N) is 1. The summed E-state index contributed by atoms with van der Waals surface area (Å²) < 4.78 is 4.65. The third-order valence-corrected chi connectivity index (χ3v) is 3.21. The lowest BCUT2D eigenvalue weighted by molar-refractivity contribution is -0.149. The van der Waals surface area contributed by atoms with Crippen molar-refractivity contribution in [3.05, 3.63) is 35.9 Å². The van der Waals surface area contributed by atoms with Gasteiger partial charge in [-0.2, -0.15) is 0 Å². The lowest BCUT2D eigenvalue weighted by Crippen LogP contribution is -2.52. The van der Waals surface area contributed by atoms with E-state index < -0.39 is 5.97 Å². The van der Waals surface area contributed by atoms with Crippen LogP contribution >= 0.6 is 0 Å². The molecule has 19 heavy (non-hydrogen) atoms. The molecule has 1 aliphatic heterocycles. The second-order valence-corrected chi connectivity index (χ2v) is 4.61. The van der Waals surface area contributed by atoms with Crippen LogP contribution in [0.25, 0.3) is 0 Å². The Hall–Kier alpha value is -1.88. The Balaban J connectivity index is 2.04. The van der Waals surface area contributed by atoms with Crippen molar-refractivity contribution in [3.63, 3.8) is 0 Å². The largest absolute Gasteiger partial charge is 0.468 e.